The SMILES string of the molecule is CN=C(NCCNC(=O)CC1CCCCC1)NCC1(CCOC)CCCC1.I. The number of halogens is 1. The van der Waals surface area contributed by atoms with Crippen LogP contribution < -0.4 is 16.0 Å². The number of ether oxygens (including phenoxy) is 1. The zero-order chi connectivity index (χ0) is 19.4. The molecule has 0 saturated heterocycles. The number of carbonyl (C=O) groups excluding carboxylic acids is 1. The summed E-state index contributed by atoms with van der Waals surface area (Å²) in [5.74, 6) is 1.60. The summed E-state index contributed by atoms with van der Waals surface area (Å²) < 4.78 is 5.30. The molecule has 7 heteroatoms. The first kappa shape index (κ1) is 25.5. The van der Waals surface area contributed by atoms with Crippen molar-refractivity contribution >= 4 is 35.8 Å². The van der Waals surface area contributed by atoms with Gasteiger partial charge in [-0.1, -0.05) is 32.1 Å². The Balaban J connectivity index is 0.00000392. The van der Waals surface area contributed by atoms with E-state index in [9.17, 15) is 4.79 Å². The van der Waals surface area contributed by atoms with Crippen LogP contribution in [0.25, 0.3) is 0 Å². The molecule has 2 aliphatic rings. The standard InChI is InChI=1S/C21H40N4O2.HI/c1-22-20(25-17-21(12-15-27-2)10-6-7-11-21)24-14-13-23-19(26)16-18-8-4-3-5-9-18;/h18H,3-17H2,1-2H3,(H,23,26)(H2,22,24,25);1H. The third kappa shape index (κ3) is 9.29. The molecule has 164 valence electrons. The lowest BCUT2D eigenvalue weighted by atomic mass is 9.83. The second kappa shape index (κ2) is 14.4. The van der Waals surface area contributed by atoms with E-state index < -0.39 is 0 Å². The van der Waals surface area contributed by atoms with Gasteiger partial charge in [-0.05, 0) is 43.4 Å². The number of rotatable bonds is 10. The number of hydrogen-bond acceptors (Lipinski definition) is 3. The Morgan fingerprint density at radius 3 is 2.36 bits per heavy atom. The minimum atomic E-state index is 0. The van der Waals surface area contributed by atoms with Crippen molar-refractivity contribution in [3.8, 4) is 0 Å². The lowest BCUT2D eigenvalue weighted by Crippen LogP contribution is -2.45. The van der Waals surface area contributed by atoms with Crippen molar-refractivity contribution in [3.05, 3.63) is 0 Å². The van der Waals surface area contributed by atoms with Crippen LogP contribution in [-0.2, 0) is 9.53 Å². The van der Waals surface area contributed by atoms with Gasteiger partial charge in [-0.3, -0.25) is 9.79 Å². The Kier molecular flexibility index (Phi) is 13.1. The van der Waals surface area contributed by atoms with E-state index in [1.54, 1.807) is 14.2 Å². The van der Waals surface area contributed by atoms with E-state index in [1.165, 1.54) is 57.8 Å². The molecule has 0 aromatic heterocycles. The maximum atomic E-state index is 12.1. The van der Waals surface area contributed by atoms with E-state index in [0.717, 1.165) is 25.5 Å². The van der Waals surface area contributed by atoms with Gasteiger partial charge in [-0.2, -0.15) is 0 Å². The van der Waals surface area contributed by atoms with E-state index in [-0.39, 0.29) is 29.9 Å². The Morgan fingerprint density at radius 1 is 1.04 bits per heavy atom. The number of carbonyl (C=O) groups is 1. The summed E-state index contributed by atoms with van der Waals surface area (Å²) in [7, 11) is 3.58. The average molecular weight is 508 g/mol. The first-order valence-electron chi connectivity index (χ1n) is 10.9. The summed E-state index contributed by atoms with van der Waals surface area (Å²) in [6.45, 7) is 3.09. The Bertz CT molecular complexity index is 461. The minimum Gasteiger partial charge on any atom is -0.385 e. The topological polar surface area (TPSA) is 74.8 Å². The summed E-state index contributed by atoms with van der Waals surface area (Å²) >= 11 is 0. The number of guanidine groups is 1. The Hall–Kier alpha value is -0.570. The molecule has 2 rings (SSSR count). The van der Waals surface area contributed by atoms with Crippen molar-refractivity contribution in [1.29, 1.82) is 0 Å². The molecular formula is C21H41IN4O2. The van der Waals surface area contributed by atoms with Crippen molar-refractivity contribution in [1.82, 2.24) is 16.0 Å². The number of nitrogens with zero attached hydrogens (tertiary/aromatic N) is 1. The highest BCUT2D eigenvalue weighted by molar-refractivity contribution is 14.0. The van der Waals surface area contributed by atoms with Crippen molar-refractivity contribution in [3.63, 3.8) is 0 Å². The molecule has 0 radical (unpaired) electrons. The number of methoxy groups -OCH3 is 1. The van der Waals surface area contributed by atoms with Crippen molar-refractivity contribution < 1.29 is 9.53 Å². The van der Waals surface area contributed by atoms with E-state index in [1.807, 2.05) is 0 Å². The van der Waals surface area contributed by atoms with Crippen LogP contribution in [-0.4, -0.2) is 52.3 Å². The van der Waals surface area contributed by atoms with Gasteiger partial charge in [0.2, 0.25) is 5.91 Å². The van der Waals surface area contributed by atoms with Gasteiger partial charge >= 0.3 is 0 Å². The normalized spacial score (nSPS) is 19.7. The van der Waals surface area contributed by atoms with Crippen LogP contribution >= 0.6 is 24.0 Å². The maximum absolute atomic E-state index is 12.1. The fraction of sp³-hybridized carbons (Fsp3) is 0.905. The lowest BCUT2D eigenvalue weighted by molar-refractivity contribution is -0.122. The summed E-state index contributed by atoms with van der Waals surface area (Å²) in [6.07, 6.45) is 13.3. The van der Waals surface area contributed by atoms with Gasteiger partial charge in [0.25, 0.3) is 0 Å². The van der Waals surface area contributed by atoms with Crippen LogP contribution in [0.5, 0.6) is 0 Å². The summed E-state index contributed by atoms with van der Waals surface area (Å²) in [4.78, 5) is 16.4. The first-order valence-corrected chi connectivity index (χ1v) is 10.9. The van der Waals surface area contributed by atoms with Gasteiger partial charge in [-0.25, -0.2) is 0 Å². The van der Waals surface area contributed by atoms with Crippen LogP contribution in [0.15, 0.2) is 4.99 Å². The second-order valence-corrected chi connectivity index (χ2v) is 8.36. The van der Waals surface area contributed by atoms with Gasteiger partial charge in [0.15, 0.2) is 5.96 Å². The quantitative estimate of drug-likeness (QED) is 0.183. The molecule has 0 heterocycles. The van der Waals surface area contributed by atoms with Crippen LogP contribution in [0.1, 0.15) is 70.6 Å². The summed E-state index contributed by atoms with van der Waals surface area (Å²) in [6, 6.07) is 0. The number of nitrogens with one attached hydrogen (secondary N) is 3. The van der Waals surface area contributed by atoms with E-state index in [0.29, 0.717) is 30.8 Å². The summed E-state index contributed by atoms with van der Waals surface area (Å²) in [5.41, 5.74) is 0.335. The Morgan fingerprint density at radius 2 is 1.71 bits per heavy atom. The molecule has 2 saturated carbocycles. The smallest absolute Gasteiger partial charge is 0.220 e. The van der Waals surface area contributed by atoms with E-state index >= 15 is 0 Å². The number of aliphatic imine (C=N–C) groups is 1. The summed E-state index contributed by atoms with van der Waals surface area (Å²) in [5, 5.41) is 9.85. The highest BCUT2D eigenvalue weighted by Gasteiger charge is 2.33. The number of amides is 1. The molecule has 0 aromatic carbocycles. The average Bonchev–Trinajstić information content (AvgIpc) is 3.16. The van der Waals surface area contributed by atoms with E-state index in [4.69, 9.17) is 4.74 Å². The largest absolute Gasteiger partial charge is 0.385 e. The van der Waals surface area contributed by atoms with Crippen LogP contribution in [0.2, 0.25) is 0 Å². The van der Waals surface area contributed by atoms with Gasteiger partial charge in [0.05, 0.1) is 0 Å². The van der Waals surface area contributed by atoms with Crippen molar-refractivity contribution in [2.24, 2.45) is 16.3 Å². The zero-order valence-corrected chi connectivity index (χ0v) is 20.2. The molecule has 2 fully saturated rings. The third-order valence-electron chi connectivity index (χ3n) is 6.29. The van der Waals surface area contributed by atoms with Crippen LogP contribution in [0.4, 0.5) is 0 Å². The van der Waals surface area contributed by atoms with Crippen LogP contribution in [0, 0.1) is 11.3 Å². The third-order valence-corrected chi connectivity index (χ3v) is 6.29. The fourth-order valence-electron chi connectivity index (χ4n) is 4.56. The van der Waals surface area contributed by atoms with Crippen molar-refractivity contribution in [2.75, 3.05) is 40.4 Å². The van der Waals surface area contributed by atoms with Gasteiger partial charge in [0, 0.05) is 46.8 Å². The van der Waals surface area contributed by atoms with Gasteiger partial charge in [0.1, 0.15) is 0 Å². The molecule has 1 amide bonds. The van der Waals surface area contributed by atoms with Crippen molar-refractivity contribution in [2.45, 2.75) is 70.6 Å². The second-order valence-electron chi connectivity index (χ2n) is 8.36. The van der Waals surface area contributed by atoms with E-state index in [2.05, 4.69) is 20.9 Å². The fourth-order valence-corrected chi connectivity index (χ4v) is 4.56. The van der Waals surface area contributed by atoms with Crippen LogP contribution in [0.3, 0.4) is 0 Å². The molecule has 0 bridgehead atoms. The monoisotopic (exact) mass is 508 g/mol. The molecule has 0 spiro atoms. The minimum absolute atomic E-state index is 0. The molecule has 2 aliphatic carbocycles. The maximum Gasteiger partial charge on any atom is 0.220 e. The molecule has 0 unspecified atom stereocenters. The number of hydrogen-bond donors (Lipinski definition) is 3. The molecule has 0 atom stereocenters. The van der Waals surface area contributed by atoms with Gasteiger partial charge in [-0.15, -0.1) is 24.0 Å². The molecule has 6 nitrogen and oxygen atoms in total. The molecule has 28 heavy (non-hydrogen) atoms. The molecule has 3 N–H and O–H groups in total. The molecular weight excluding hydrogens is 467 g/mol. The van der Waals surface area contributed by atoms with Gasteiger partial charge < -0.3 is 20.7 Å². The molecule has 0 aliphatic heterocycles. The highest BCUT2D eigenvalue weighted by Crippen LogP contribution is 2.40. The lowest BCUT2D eigenvalue weighted by Gasteiger charge is -2.30. The Labute approximate surface area is 188 Å². The predicted octanol–water partition coefficient (Wildman–Crippen LogP) is 3.45. The predicted molar refractivity (Wildman–Crippen MR) is 126 cm³/mol. The highest BCUT2D eigenvalue weighted by atomic mass is 127. The zero-order valence-electron chi connectivity index (χ0n) is 17.9. The molecule has 0 aromatic rings. The first-order chi connectivity index (χ1) is 13.2.